The highest BCUT2D eigenvalue weighted by Crippen LogP contribution is 2.30. The van der Waals surface area contributed by atoms with E-state index in [1.165, 1.54) is 21.7 Å². The Kier molecular flexibility index (Phi) is 4.96. The quantitative estimate of drug-likeness (QED) is 0.553. The fraction of sp³-hybridized carbons (Fsp3) is 0.364. The van der Waals surface area contributed by atoms with Gasteiger partial charge in [0.2, 0.25) is 22.1 Å². The zero-order valence-corrected chi connectivity index (χ0v) is 19.2. The SMILES string of the molecule is CC1=CC=C(c2nc3ccc(N(C)S(C)(=O)=O)cn3c2C[N+]2=Cc3ncnn3CC2)CC1. The number of allylic oxidation sites excluding steroid dienone is 4. The first-order valence-electron chi connectivity index (χ1n) is 10.6. The summed E-state index contributed by atoms with van der Waals surface area (Å²) in [7, 11) is -1.80. The Balaban J connectivity index is 1.64. The molecule has 9 nitrogen and oxygen atoms in total. The summed E-state index contributed by atoms with van der Waals surface area (Å²) in [6.07, 6.45) is 12.9. The van der Waals surface area contributed by atoms with Crippen molar-refractivity contribution in [3.63, 3.8) is 0 Å². The molecule has 0 radical (unpaired) electrons. The molecule has 0 N–H and O–H groups in total. The highest BCUT2D eigenvalue weighted by atomic mass is 32.2. The average molecular weight is 453 g/mol. The van der Waals surface area contributed by atoms with Gasteiger partial charge in [0.1, 0.15) is 24.2 Å². The predicted molar refractivity (Wildman–Crippen MR) is 123 cm³/mol. The molecule has 3 aromatic rings. The van der Waals surface area contributed by atoms with Crippen LogP contribution in [0.5, 0.6) is 0 Å². The lowest BCUT2D eigenvalue weighted by molar-refractivity contribution is -0.544. The second-order valence-corrected chi connectivity index (χ2v) is 10.4. The van der Waals surface area contributed by atoms with Crippen LogP contribution in [-0.4, -0.2) is 63.2 Å². The number of hydrogen-bond donors (Lipinski definition) is 0. The highest BCUT2D eigenvalue weighted by Gasteiger charge is 2.25. The van der Waals surface area contributed by atoms with Crippen molar-refractivity contribution in [1.29, 1.82) is 0 Å². The fourth-order valence-corrected chi connectivity index (χ4v) is 4.61. The third kappa shape index (κ3) is 3.75. The molecule has 166 valence electrons. The van der Waals surface area contributed by atoms with Crippen LogP contribution in [0.15, 0.2) is 42.4 Å². The van der Waals surface area contributed by atoms with Crippen molar-refractivity contribution in [2.75, 3.05) is 24.2 Å². The predicted octanol–water partition coefficient (Wildman–Crippen LogP) is 2.09. The Bertz CT molecular complexity index is 1410. The molecule has 0 atom stereocenters. The van der Waals surface area contributed by atoms with Crippen molar-refractivity contribution in [3.05, 3.63) is 59.6 Å². The number of aromatic nitrogens is 5. The Hall–Kier alpha value is -3.27. The van der Waals surface area contributed by atoms with E-state index < -0.39 is 10.0 Å². The minimum Gasteiger partial charge on any atom is -0.295 e. The van der Waals surface area contributed by atoms with Gasteiger partial charge in [0.05, 0.1) is 17.6 Å². The molecule has 0 unspecified atom stereocenters. The molecule has 4 heterocycles. The van der Waals surface area contributed by atoms with Gasteiger partial charge in [0, 0.05) is 13.2 Å². The molecule has 0 aromatic carbocycles. The third-order valence-corrected chi connectivity index (χ3v) is 7.33. The van der Waals surface area contributed by atoms with E-state index in [0.29, 0.717) is 12.2 Å². The van der Waals surface area contributed by atoms with Gasteiger partial charge in [-0.3, -0.25) is 8.71 Å². The van der Waals surface area contributed by atoms with Gasteiger partial charge in [0.15, 0.2) is 13.1 Å². The Morgan fingerprint density at radius 2 is 2.06 bits per heavy atom. The summed E-state index contributed by atoms with van der Waals surface area (Å²) in [6, 6.07) is 3.68. The second-order valence-electron chi connectivity index (χ2n) is 8.40. The van der Waals surface area contributed by atoms with Gasteiger partial charge in [0.25, 0.3) is 0 Å². The van der Waals surface area contributed by atoms with Crippen LogP contribution in [0.4, 0.5) is 5.69 Å². The number of sulfonamides is 1. The van der Waals surface area contributed by atoms with Gasteiger partial charge in [-0.05, 0) is 37.5 Å². The zero-order valence-electron chi connectivity index (χ0n) is 18.4. The second kappa shape index (κ2) is 7.70. The number of hydrogen-bond acceptors (Lipinski definition) is 5. The molecule has 10 heteroatoms. The maximum Gasteiger partial charge on any atom is 0.232 e. The first-order chi connectivity index (χ1) is 15.3. The monoisotopic (exact) mass is 452 g/mol. The molecule has 1 aliphatic heterocycles. The minimum atomic E-state index is -3.37. The van der Waals surface area contributed by atoms with Crippen LogP contribution < -0.4 is 4.31 Å². The van der Waals surface area contributed by atoms with Gasteiger partial charge in [-0.1, -0.05) is 17.7 Å². The molecule has 5 rings (SSSR count). The van der Waals surface area contributed by atoms with Crippen LogP contribution in [0.1, 0.15) is 37.0 Å². The summed E-state index contributed by atoms with van der Waals surface area (Å²) in [6.45, 7) is 4.36. The fourth-order valence-electron chi connectivity index (χ4n) is 4.12. The van der Waals surface area contributed by atoms with E-state index in [2.05, 4.69) is 33.7 Å². The molecular weight excluding hydrogens is 426 g/mol. The third-order valence-electron chi connectivity index (χ3n) is 6.12. The zero-order chi connectivity index (χ0) is 22.5. The molecule has 0 bridgehead atoms. The van der Waals surface area contributed by atoms with E-state index in [4.69, 9.17) is 4.98 Å². The van der Waals surface area contributed by atoms with Crippen LogP contribution in [0.25, 0.3) is 11.2 Å². The molecule has 0 saturated heterocycles. The Labute approximate surface area is 187 Å². The van der Waals surface area contributed by atoms with E-state index in [1.807, 2.05) is 27.6 Å². The number of pyridine rings is 1. The molecule has 2 aliphatic rings. The van der Waals surface area contributed by atoms with Crippen LogP contribution in [0.3, 0.4) is 0 Å². The summed E-state index contributed by atoms with van der Waals surface area (Å²) in [5, 5.41) is 4.24. The van der Waals surface area contributed by atoms with Crippen molar-refractivity contribution < 1.29 is 13.0 Å². The number of fused-ring (bicyclic) bond motifs is 2. The van der Waals surface area contributed by atoms with E-state index in [0.717, 1.165) is 48.8 Å². The van der Waals surface area contributed by atoms with Crippen LogP contribution in [-0.2, 0) is 23.1 Å². The van der Waals surface area contributed by atoms with Crippen LogP contribution in [0, 0.1) is 0 Å². The van der Waals surface area contributed by atoms with E-state index in [-0.39, 0.29) is 0 Å². The molecule has 32 heavy (non-hydrogen) atoms. The summed E-state index contributed by atoms with van der Waals surface area (Å²) >= 11 is 0. The number of nitrogens with zero attached hydrogens (tertiary/aromatic N) is 7. The van der Waals surface area contributed by atoms with Gasteiger partial charge in [-0.15, -0.1) is 0 Å². The molecule has 0 amide bonds. The standard InChI is InChI=1S/C22H26N7O2S/c1-16-4-6-17(7-5-16)22-19(13-27-10-11-29-21(14-27)23-15-24-29)28-12-18(8-9-20(28)25-22)26(2)32(3,30)31/h4,6,8-9,12,14-15H,5,7,10-11,13H2,1-3H3/q+1. The summed E-state index contributed by atoms with van der Waals surface area (Å²) in [5.74, 6) is 0.833. The maximum absolute atomic E-state index is 12.1. The lowest BCUT2D eigenvalue weighted by Gasteiger charge is -2.17. The van der Waals surface area contributed by atoms with E-state index in [9.17, 15) is 8.42 Å². The highest BCUT2D eigenvalue weighted by molar-refractivity contribution is 7.92. The Morgan fingerprint density at radius 3 is 2.81 bits per heavy atom. The lowest BCUT2D eigenvalue weighted by atomic mass is 9.96. The van der Waals surface area contributed by atoms with Crippen molar-refractivity contribution in [1.82, 2.24) is 24.1 Å². The van der Waals surface area contributed by atoms with Crippen molar-refractivity contribution in [2.24, 2.45) is 0 Å². The molecule has 1 aliphatic carbocycles. The smallest absolute Gasteiger partial charge is 0.232 e. The van der Waals surface area contributed by atoms with E-state index >= 15 is 0 Å². The van der Waals surface area contributed by atoms with Gasteiger partial charge in [-0.25, -0.2) is 27.6 Å². The maximum atomic E-state index is 12.1. The van der Waals surface area contributed by atoms with Gasteiger partial charge in [-0.2, -0.15) is 5.10 Å². The summed E-state index contributed by atoms with van der Waals surface area (Å²) < 4.78 is 31.6. The first kappa shape index (κ1) is 20.6. The van der Waals surface area contributed by atoms with Crippen molar-refractivity contribution in [2.45, 2.75) is 32.9 Å². The van der Waals surface area contributed by atoms with Crippen LogP contribution in [0.2, 0.25) is 0 Å². The van der Waals surface area contributed by atoms with Crippen LogP contribution >= 0.6 is 0 Å². The minimum absolute atomic E-state index is 0.598. The van der Waals surface area contributed by atoms with Gasteiger partial charge < -0.3 is 0 Å². The Morgan fingerprint density at radius 1 is 1.22 bits per heavy atom. The lowest BCUT2D eigenvalue weighted by Crippen LogP contribution is -2.28. The molecule has 3 aromatic heterocycles. The van der Waals surface area contributed by atoms with E-state index in [1.54, 1.807) is 19.4 Å². The average Bonchev–Trinajstić information content (AvgIpc) is 3.37. The number of anilines is 1. The summed E-state index contributed by atoms with van der Waals surface area (Å²) in [4.78, 5) is 9.27. The number of rotatable bonds is 5. The normalized spacial score (nSPS) is 16.4. The number of imidazole rings is 1. The van der Waals surface area contributed by atoms with Gasteiger partial charge >= 0.3 is 0 Å². The molecule has 0 fully saturated rings. The van der Waals surface area contributed by atoms with Crippen molar-refractivity contribution in [3.8, 4) is 0 Å². The topological polar surface area (TPSA) is 88.4 Å². The molecule has 0 saturated carbocycles. The summed E-state index contributed by atoms with van der Waals surface area (Å²) in [5.41, 5.74) is 5.96. The molecule has 0 spiro atoms. The molecular formula is C22H26N7O2S+. The first-order valence-corrected chi connectivity index (χ1v) is 12.4. The largest absolute Gasteiger partial charge is 0.295 e. The van der Waals surface area contributed by atoms with Crippen molar-refractivity contribution >= 4 is 33.1 Å².